The number of carbonyl (C=O) groups is 1. The number of rotatable bonds is 3. The lowest BCUT2D eigenvalue weighted by atomic mass is 9.84. The average Bonchev–Trinajstić information content (AvgIpc) is 2.67. The molecule has 2 rings (SSSR count). The van der Waals surface area contributed by atoms with Gasteiger partial charge in [0.15, 0.2) is 0 Å². The van der Waals surface area contributed by atoms with Crippen LogP contribution in [0, 0.1) is 5.92 Å². The zero-order valence-corrected chi connectivity index (χ0v) is 8.84. The molecule has 1 aliphatic carbocycles. The summed E-state index contributed by atoms with van der Waals surface area (Å²) in [4.78, 5) is 11.2. The first-order valence-corrected chi connectivity index (χ1v) is 5.98. The highest BCUT2D eigenvalue weighted by Crippen LogP contribution is 2.28. The van der Waals surface area contributed by atoms with Gasteiger partial charge in [-0.2, -0.15) is 0 Å². The Balaban J connectivity index is 1.66. The summed E-state index contributed by atoms with van der Waals surface area (Å²) in [7, 11) is 0. The van der Waals surface area contributed by atoms with E-state index in [0.29, 0.717) is 17.8 Å². The van der Waals surface area contributed by atoms with Crippen molar-refractivity contribution in [3.63, 3.8) is 0 Å². The summed E-state index contributed by atoms with van der Waals surface area (Å²) in [5, 5.41) is 0. The molecule has 1 aliphatic heterocycles. The van der Waals surface area contributed by atoms with E-state index in [1.165, 1.54) is 32.1 Å². The average molecular weight is 196 g/mol. The van der Waals surface area contributed by atoms with Crippen LogP contribution in [0.1, 0.15) is 51.4 Å². The van der Waals surface area contributed by atoms with E-state index in [4.69, 9.17) is 4.74 Å². The van der Waals surface area contributed by atoms with Crippen LogP contribution in [0.2, 0.25) is 0 Å². The predicted molar refractivity (Wildman–Crippen MR) is 55.2 cm³/mol. The number of hydrogen-bond acceptors (Lipinski definition) is 2. The summed E-state index contributed by atoms with van der Waals surface area (Å²) in [5.41, 5.74) is 0. The molecule has 0 aromatic heterocycles. The van der Waals surface area contributed by atoms with Gasteiger partial charge in [0.2, 0.25) is 0 Å². The van der Waals surface area contributed by atoms with Crippen molar-refractivity contribution in [1.82, 2.24) is 0 Å². The first kappa shape index (κ1) is 10.2. The van der Waals surface area contributed by atoms with Gasteiger partial charge in [0.1, 0.15) is 5.78 Å². The molecule has 1 saturated carbocycles. The quantitative estimate of drug-likeness (QED) is 0.693. The van der Waals surface area contributed by atoms with Crippen molar-refractivity contribution >= 4 is 5.78 Å². The van der Waals surface area contributed by atoms with Crippen molar-refractivity contribution < 1.29 is 9.53 Å². The topological polar surface area (TPSA) is 26.3 Å². The van der Waals surface area contributed by atoms with Crippen molar-refractivity contribution in [3.8, 4) is 0 Å². The molecule has 1 saturated heterocycles. The molecule has 0 radical (unpaired) electrons. The van der Waals surface area contributed by atoms with Crippen LogP contribution in [0.15, 0.2) is 0 Å². The zero-order valence-electron chi connectivity index (χ0n) is 8.84. The molecule has 80 valence electrons. The molecule has 2 aliphatic rings. The van der Waals surface area contributed by atoms with Gasteiger partial charge in [0.25, 0.3) is 0 Å². The standard InChI is InChI=1S/C12H20O2/c13-11-4-1-3-10(9-11)6-7-12-5-2-8-14-12/h10,12H,1-9H2. The van der Waals surface area contributed by atoms with Gasteiger partial charge in [0, 0.05) is 19.4 Å². The molecule has 0 aromatic carbocycles. The molecular weight excluding hydrogens is 176 g/mol. The third-order valence-electron chi connectivity index (χ3n) is 3.51. The van der Waals surface area contributed by atoms with Crippen LogP contribution < -0.4 is 0 Å². The molecular formula is C12H20O2. The Labute approximate surface area is 86.0 Å². The van der Waals surface area contributed by atoms with E-state index in [2.05, 4.69) is 0 Å². The fourth-order valence-corrected chi connectivity index (χ4v) is 2.65. The van der Waals surface area contributed by atoms with Gasteiger partial charge in [-0.25, -0.2) is 0 Å². The Morgan fingerprint density at radius 1 is 1.21 bits per heavy atom. The maximum Gasteiger partial charge on any atom is 0.133 e. The fraction of sp³-hybridized carbons (Fsp3) is 0.917. The van der Waals surface area contributed by atoms with E-state index in [1.807, 2.05) is 0 Å². The number of ketones is 1. The number of hydrogen-bond donors (Lipinski definition) is 0. The lowest BCUT2D eigenvalue weighted by Gasteiger charge is -2.21. The third kappa shape index (κ3) is 2.81. The molecule has 2 heteroatoms. The molecule has 0 aromatic rings. The normalized spacial score (nSPS) is 33.6. The second-order valence-electron chi connectivity index (χ2n) is 4.71. The van der Waals surface area contributed by atoms with E-state index >= 15 is 0 Å². The third-order valence-corrected chi connectivity index (χ3v) is 3.51. The minimum Gasteiger partial charge on any atom is -0.378 e. The SMILES string of the molecule is O=C1CCCC(CCC2CCCO2)C1. The summed E-state index contributed by atoms with van der Waals surface area (Å²) in [5.74, 6) is 1.15. The highest BCUT2D eigenvalue weighted by Gasteiger charge is 2.22. The Bertz CT molecular complexity index is 194. The Hall–Kier alpha value is -0.370. The Morgan fingerprint density at radius 3 is 2.86 bits per heavy atom. The van der Waals surface area contributed by atoms with Crippen molar-refractivity contribution in [3.05, 3.63) is 0 Å². The summed E-state index contributed by atoms with van der Waals surface area (Å²) < 4.78 is 5.59. The fourth-order valence-electron chi connectivity index (χ4n) is 2.65. The monoisotopic (exact) mass is 196 g/mol. The molecule has 2 atom stereocenters. The maximum atomic E-state index is 11.2. The van der Waals surface area contributed by atoms with Crippen LogP contribution in [0.25, 0.3) is 0 Å². The van der Waals surface area contributed by atoms with Gasteiger partial charge in [-0.1, -0.05) is 0 Å². The van der Waals surface area contributed by atoms with Crippen LogP contribution in [0.4, 0.5) is 0 Å². The summed E-state index contributed by atoms with van der Waals surface area (Å²) in [6.07, 6.45) is 9.41. The van der Waals surface area contributed by atoms with Crippen molar-refractivity contribution in [2.45, 2.75) is 57.5 Å². The number of Topliss-reactive ketones (excluding diaryl/α,β-unsaturated/α-hetero) is 1. The molecule has 0 N–H and O–H groups in total. The van der Waals surface area contributed by atoms with Crippen LogP contribution in [0.5, 0.6) is 0 Å². The lowest BCUT2D eigenvalue weighted by molar-refractivity contribution is -0.121. The highest BCUT2D eigenvalue weighted by atomic mass is 16.5. The molecule has 2 unspecified atom stereocenters. The smallest absolute Gasteiger partial charge is 0.133 e. The largest absolute Gasteiger partial charge is 0.378 e. The number of carbonyl (C=O) groups excluding carboxylic acids is 1. The van der Waals surface area contributed by atoms with Gasteiger partial charge in [-0.15, -0.1) is 0 Å². The van der Waals surface area contributed by atoms with Gasteiger partial charge < -0.3 is 4.74 Å². The van der Waals surface area contributed by atoms with Gasteiger partial charge >= 0.3 is 0 Å². The van der Waals surface area contributed by atoms with E-state index in [-0.39, 0.29) is 0 Å². The van der Waals surface area contributed by atoms with Crippen LogP contribution >= 0.6 is 0 Å². The van der Waals surface area contributed by atoms with Crippen LogP contribution in [-0.2, 0) is 9.53 Å². The molecule has 14 heavy (non-hydrogen) atoms. The van der Waals surface area contributed by atoms with E-state index in [0.717, 1.165) is 25.9 Å². The van der Waals surface area contributed by atoms with E-state index < -0.39 is 0 Å². The lowest BCUT2D eigenvalue weighted by Crippen LogP contribution is -2.17. The molecule has 2 fully saturated rings. The molecule has 0 spiro atoms. The maximum absolute atomic E-state index is 11.2. The first-order chi connectivity index (χ1) is 6.84. The molecule has 2 nitrogen and oxygen atoms in total. The van der Waals surface area contributed by atoms with Crippen molar-refractivity contribution in [2.24, 2.45) is 5.92 Å². The van der Waals surface area contributed by atoms with Crippen molar-refractivity contribution in [2.75, 3.05) is 6.61 Å². The summed E-state index contributed by atoms with van der Waals surface area (Å²) in [6, 6.07) is 0. The number of ether oxygens (including phenoxy) is 1. The summed E-state index contributed by atoms with van der Waals surface area (Å²) in [6.45, 7) is 0.953. The zero-order chi connectivity index (χ0) is 9.80. The van der Waals surface area contributed by atoms with Crippen LogP contribution in [0.3, 0.4) is 0 Å². The first-order valence-electron chi connectivity index (χ1n) is 5.98. The highest BCUT2D eigenvalue weighted by molar-refractivity contribution is 5.79. The van der Waals surface area contributed by atoms with Gasteiger partial charge in [0.05, 0.1) is 6.10 Å². The second kappa shape index (κ2) is 4.92. The van der Waals surface area contributed by atoms with Gasteiger partial charge in [-0.05, 0) is 44.4 Å². The Kier molecular flexibility index (Phi) is 3.57. The molecule has 1 heterocycles. The predicted octanol–water partition coefficient (Wildman–Crippen LogP) is 2.70. The second-order valence-corrected chi connectivity index (χ2v) is 4.71. The van der Waals surface area contributed by atoms with Crippen molar-refractivity contribution in [1.29, 1.82) is 0 Å². The summed E-state index contributed by atoms with van der Waals surface area (Å²) >= 11 is 0. The van der Waals surface area contributed by atoms with E-state index in [9.17, 15) is 4.79 Å². The molecule has 0 amide bonds. The van der Waals surface area contributed by atoms with E-state index in [1.54, 1.807) is 0 Å². The Morgan fingerprint density at radius 2 is 2.14 bits per heavy atom. The molecule has 0 bridgehead atoms. The minimum absolute atomic E-state index is 0.480. The minimum atomic E-state index is 0.480. The van der Waals surface area contributed by atoms with Gasteiger partial charge in [-0.3, -0.25) is 4.79 Å². The van der Waals surface area contributed by atoms with Crippen LogP contribution in [-0.4, -0.2) is 18.5 Å².